The van der Waals surface area contributed by atoms with Gasteiger partial charge in [-0.3, -0.25) is 4.79 Å². The van der Waals surface area contributed by atoms with E-state index in [0.717, 1.165) is 28.1 Å². The molecular formula is C14H17ClO. The van der Waals surface area contributed by atoms with Crippen LogP contribution < -0.4 is 0 Å². The van der Waals surface area contributed by atoms with Crippen molar-refractivity contribution in [3.05, 3.63) is 33.8 Å². The van der Waals surface area contributed by atoms with Crippen LogP contribution in [0.4, 0.5) is 0 Å². The van der Waals surface area contributed by atoms with Crippen molar-refractivity contribution in [2.45, 2.75) is 34.1 Å². The van der Waals surface area contributed by atoms with Crippen LogP contribution in [0.2, 0.25) is 5.02 Å². The molecule has 0 bridgehead atoms. The first kappa shape index (κ1) is 11.7. The van der Waals surface area contributed by atoms with E-state index >= 15 is 0 Å². The zero-order valence-electron chi connectivity index (χ0n) is 10.2. The van der Waals surface area contributed by atoms with Crippen LogP contribution in [0.5, 0.6) is 0 Å². The number of carbonyl (C=O) groups is 1. The minimum atomic E-state index is 0.192. The van der Waals surface area contributed by atoms with E-state index in [2.05, 4.69) is 13.8 Å². The van der Waals surface area contributed by atoms with Crippen LogP contribution in [0.15, 0.2) is 12.1 Å². The van der Waals surface area contributed by atoms with E-state index in [9.17, 15) is 4.79 Å². The predicted molar refractivity (Wildman–Crippen MR) is 67.1 cm³/mol. The Morgan fingerprint density at radius 2 is 1.88 bits per heavy atom. The number of halogens is 1. The number of Topliss-reactive ketones (excluding diaryl/α,β-unsaturated/α-hetero) is 1. The third kappa shape index (κ3) is 1.89. The van der Waals surface area contributed by atoms with Gasteiger partial charge in [0, 0.05) is 16.5 Å². The quantitative estimate of drug-likeness (QED) is 0.704. The van der Waals surface area contributed by atoms with Crippen molar-refractivity contribution in [2.24, 2.45) is 11.3 Å². The lowest BCUT2D eigenvalue weighted by Crippen LogP contribution is -2.08. The van der Waals surface area contributed by atoms with Crippen molar-refractivity contribution < 1.29 is 4.79 Å². The molecular weight excluding hydrogens is 220 g/mol. The highest BCUT2D eigenvalue weighted by atomic mass is 35.5. The van der Waals surface area contributed by atoms with Gasteiger partial charge in [-0.2, -0.15) is 0 Å². The van der Waals surface area contributed by atoms with Crippen LogP contribution in [0.3, 0.4) is 0 Å². The minimum Gasteiger partial charge on any atom is -0.294 e. The zero-order chi connectivity index (χ0) is 12.1. The second-order valence-corrected chi connectivity index (χ2v) is 5.93. The van der Waals surface area contributed by atoms with E-state index in [1.54, 1.807) is 0 Å². The first-order valence-corrected chi connectivity index (χ1v) is 6.01. The first-order chi connectivity index (χ1) is 7.33. The molecule has 0 aliphatic heterocycles. The molecule has 2 heteroatoms. The molecule has 1 aromatic carbocycles. The van der Waals surface area contributed by atoms with Crippen LogP contribution in [0.25, 0.3) is 0 Å². The number of hydrogen-bond donors (Lipinski definition) is 0. The third-order valence-electron chi connectivity index (χ3n) is 3.60. The van der Waals surface area contributed by atoms with Crippen molar-refractivity contribution >= 4 is 17.4 Å². The summed E-state index contributed by atoms with van der Waals surface area (Å²) in [5, 5.41) is 0.740. The van der Waals surface area contributed by atoms with Crippen LogP contribution in [0, 0.1) is 25.2 Å². The number of hydrogen-bond acceptors (Lipinski definition) is 1. The molecule has 1 nitrogen and oxygen atoms in total. The maximum Gasteiger partial charge on any atom is 0.166 e. The number of ketones is 1. The molecule has 1 aliphatic rings. The number of carbonyl (C=O) groups excluding carboxylic acids is 1. The largest absolute Gasteiger partial charge is 0.294 e. The van der Waals surface area contributed by atoms with Gasteiger partial charge in [0.25, 0.3) is 0 Å². The molecule has 16 heavy (non-hydrogen) atoms. The highest BCUT2D eigenvalue weighted by Gasteiger charge is 2.50. The summed E-state index contributed by atoms with van der Waals surface area (Å²) in [6, 6.07) is 3.81. The maximum absolute atomic E-state index is 12.3. The lowest BCUT2D eigenvalue weighted by atomic mass is 9.96. The molecule has 1 atom stereocenters. The molecule has 0 aromatic heterocycles. The Morgan fingerprint density at radius 3 is 2.38 bits per heavy atom. The lowest BCUT2D eigenvalue weighted by molar-refractivity contribution is 0.0952. The van der Waals surface area contributed by atoms with Crippen molar-refractivity contribution in [3.8, 4) is 0 Å². The second kappa shape index (κ2) is 3.59. The molecule has 0 heterocycles. The SMILES string of the molecule is Cc1cc(C(=O)C2CC2(C)C)c(C)cc1Cl. The summed E-state index contributed by atoms with van der Waals surface area (Å²) in [6.45, 7) is 8.19. The molecule has 1 fully saturated rings. The number of benzene rings is 1. The molecule has 0 spiro atoms. The van der Waals surface area contributed by atoms with Gasteiger partial charge in [-0.25, -0.2) is 0 Å². The lowest BCUT2D eigenvalue weighted by Gasteiger charge is -2.09. The van der Waals surface area contributed by atoms with E-state index in [0.29, 0.717) is 0 Å². The molecule has 1 aliphatic carbocycles. The van der Waals surface area contributed by atoms with E-state index in [1.165, 1.54) is 0 Å². The van der Waals surface area contributed by atoms with Gasteiger partial charge in [0.15, 0.2) is 5.78 Å². The van der Waals surface area contributed by atoms with Gasteiger partial charge in [-0.1, -0.05) is 25.4 Å². The summed E-state index contributed by atoms with van der Waals surface area (Å²) in [5.41, 5.74) is 3.01. The van der Waals surface area contributed by atoms with Crippen molar-refractivity contribution in [3.63, 3.8) is 0 Å². The first-order valence-electron chi connectivity index (χ1n) is 5.64. The highest BCUT2D eigenvalue weighted by Crippen LogP contribution is 2.53. The average Bonchev–Trinajstić information content (AvgIpc) is 2.80. The van der Waals surface area contributed by atoms with E-state index < -0.39 is 0 Å². The van der Waals surface area contributed by atoms with Gasteiger partial charge in [0.2, 0.25) is 0 Å². The van der Waals surface area contributed by atoms with E-state index in [-0.39, 0.29) is 17.1 Å². The molecule has 1 unspecified atom stereocenters. The normalized spacial score (nSPS) is 21.9. The van der Waals surface area contributed by atoms with Crippen molar-refractivity contribution in [1.29, 1.82) is 0 Å². The molecule has 0 N–H and O–H groups in total. The Bertz CT molecular complexity index is 460. The van der Waals surface area contributed by atoms with Gasteiger partial charge in [-0.15, -0.1) is 0 Å². The summed E-state index contributed by atoms with van der Waals surface area (Å²) in [4.78, 5) is 12.3. The predicted octanol–water partition coefficient (Wildman–Crippen LogP) is 4.19. The Balaban J connectivity index is 2.35. The molecule has 0 radical (unpaired) electrons. The molecule has 2 rings (SSSR count). The third-order valence-corrected chi connectivity index (χ3v) is 4.01. The average molecular weight is 237 g/mol. The molecule has 0 amide bonds. The maximum atomic E-state index is 12.3. The van der Waals surface area contributed by atoms with Crippen molar-refractivity contribution in [1.82, 2.24) is 0 Å². The fraction of sp³-hybridized carbons (Fsp3) is 0.500. The Labute approximate surface area is 102 Å². The monoisotopic (exact) mass is 236 g/mol. The van der Waals surface area contributed by atoms with Crippen molar-refractivity contribution in [2.75, 3.05) is 0 Å². The van der Waals surface area contributed by atoms with Crippen LogP contribution >= 0.6 is 11.6 Å². The van der Waals surface area contributed by atoms with Gasteiger partial charge < -0.3 is 0 Å². The van der Waals surface area contributed by atoms with Gasteiger partial charge in [0.1, 0.15) is 0 Å². The highest BCUT2D eigenvalue weighted by molar-refractivity contribution is 6.31. The van der Waals surface area contributed by atoms with Gasteiger partial charge in [-0.05, 0) is 48.9 Å². The Hall–Kier alpha value is -0.820. The smallest absolute Gasteiger partial charge is 0.166 e. The second-order valence-electron chi connectivity index (χ2n) is 5.53. The van der Waals surface area contributed by atoms with Crippen LogP contribution in [0.1, 0.15) is 41.8 Å². The van der Waals surface area contributed by atoms with Gasteiger partial charge in [0.05, 0.1) is 0 Å². The Morgan fingerprint density at radius 1 is 1.31 bits per heavy atom. The summed E-state index contributed by atoms with van der Waals surface area (Å²) in [5.74, 6) is 0.481. The molecule has 0 saturated heterocycles. The zero-order valence-corrected chi connectivity index (χ0v) is 11.0. The number of aryl methyl sites for hydroxylation is 2. The molecule has 86 valence electrons. The topological polar surface area (TPSA) is 17.1 Å². The Kier molecular flexibility index (Phi) is 2.62. The molecule has 1 aromatic rings. The van der Waals surface area contributed by atoms with Gasteiger partial charge >= 0.3 is 0 Å². The summed E-state index contributed by atoms with van der Waals surface area (Å²) in [7, 11) is 0. The van der Waals surface area contributed by atoms with E-state index in [1.807, 2.05) is 26.0 Å². The van der Waals surface area contributed by atoms with Crippen LogP contribution in [-0.2, 0) is 0 Å². The molecule has 1 saturated carbocycles. The standard InChI is InChI=1S/C14H17ClO/c1-8-6-12(15)9(2)5-10(8)13(16)11-7-14(11,3)4/h5-6,11H,7H2,1-4H3. The summed E-state index contributed by atoms with van der Waals surface area (Å²) in [6.07, 6.45) is 1.01. The fourth-order valence-electron chi connectivity index (χ4n) is 2.15. The summed E-state index contributed by atoms with van der Waals surface area (Å²) < 4.78 is 0. The summed E-state index contributed by atoms with van der Waals surface area (Å²) >= 11 is 6.03. The number of rotatable bonds is 2. The van der Waals surface area contributed by atoms with Crippen LogP contribution in [-0.4, -0.2) is 5.78 Å². The van der Waals surface area contributed by atoms with E-state index in [4.69, 9.17) is 11.6 Å². The fourth-order valence-corrected chi connectivity index (χ4v) is 2.37. The minimum absolute atomic E-state index is 0.192.